The number of nitrogens with two attached hydrogens (primary N) is 2. The number of Topliss-reactive ketones (excluding diaryl/α,β-unsaturated/α-hetero) is 1. The Kier molecular flexibility index (Phi) is 5.46. The van der Waals surface area contributed by atoms with Crippen LogP contribution < -0.4 is 10.9 Å². The Morgan fingerprint density at radius 2 is 1.81 bits per heavy atom. The number of fused-ring (bicyclic) bond motifs is 1. The molecule has 2 atom stereocenters. The van der Waals surface area contributed by atoms with Crippen molar-refractivity contribution in [3.63, 3.8) is 0 Å². The molecule has 0 bridgehead atoms. The quantitative estimate of drug-likeness (QED) is 0.653. The summed E-state index contributed by atoms with van der Waals surface area (Å²) >= 11 is 1.02. The van der Waals surface area contributed by atoms with E-state index in [0.717, 1.165) is 40.1 Å². The fourth-order valence-corrected chi connectivity index (χ4v) is 3.55. The lowest BCUT2D eigenvalue weighted by molar-refractivity contribution is -0.118. The Balaban J connectivity index is 2.11. The number of aromatic nitrogens is 2. The number of imidazole rings is 1. The third kappa shape index (κ3) is 3.67. The number of nitrogens with zero attached hydrogens (tertiary/aromatic N) is 2. The van der Waals surface area contributed by atoms with Crippen molar-refractivity contribution in [3.05, 3.63) is 59.4 Å². The van der Waals surface area contributed by atoms with Gasteiger partial charge in [0.25, 0.3) is 0 Å². The molecule has 2 aromatic heterocycles. The van der Waals surface area contributed by atoms with Crippen molar-refractivity contribution >= 4 is 23.4 Å². The number of aryl methyl sites for hydroxylation is 2. The number of carbonyl (C=O) groups is 1. The maximum atomic E-state index is 12.8. The zero-order chi connectivity index (χ0) is 18.8. The van der Waals surface area contributed by atoms with Crippen molar-refractivity contribution in [1.29, 1.82) is 0 Å². The Bertz CT molecular complexity index is 931. The summed E-state index contributed by atoms with van der Waals surface area (Å²) in [4.78, 5) is 17.6. The monoisotopic (exact) mass is 368 g/mol. The van der Waals surface area contributed by atoms with Gasteiger partial charge in [-0.15, -0.1) is 0 Å². The molecule has 0 fully saturated rings. The fourth-order valence-electron chi connectivity index (χ4n) is 3.07. The average molecular weight is 369 g/mol. The van der Waals surface area contributed by atoms with Crippen LogP contribution in [0.3, 0.4) is 0 Å². The molecular formula is C20H24N4OS. The van der Waals surface area contributed by atoms with E-state index >= 15 is 0 Å². The van der Waals surface area contributed by atoms with Crippen molar-refractivity contribution < 1.29 is 4.79 Å². The molecule has 5 nitrogen and oxygen atoms in total. The number of rotatable bonds is 6. The van der Waals surface area contributed by atoms with Gasteiger partial charge in [0.05, 0.1) is 23.1 Å². The van der Waals surface area contributed by atoms with Crippen molar-refractivity contribution in [2.24, 2.45) is 10.9 Å². The third-order valence-corrected chi connectivity index (χ3v) is 5.46. The van der Waals surface area contributed by atoms with Gasteiger partial charge in [0, 0.05) is 17.8 Å². The van der Waals surface area contributed by atoms with Gasteiger partial charge < -0.3 is 10.1 Å². The highest BCUT2D eigenvalue weighted by molar-refractivity contribution is 7.98. The molecule has 2 unspecified atom stereocenters. The summed E-state index contributed by atoms with van der Waals surface area (Å²) in [5, 5.41) is 5.27. The fraction of sp³-hybridized carbons (Fsp3) is 0.300. The number of hydrogen-bond donors (Lipinski definition) is 2. The summed E-state index contributed by atoms with van der Waals surface area (Å²) in [7, 11) is 0. The number of pyridine rings is 1. The molecule has 6 heteroatoms. The smallest absolute Gasteiger partial charge is 0.154 e. The summed E-state index contributed by atoms with van der Waals surface area (Å²) in [5.74, 6) is 0.0177. The van der Waals surface area contributed by atoms with Crippen molar-refractivity contribution in [1.82, 2.24) is 9.38 Å². The highest BCUT2D eigenvalue weighted by Gasteiger charge is 2.25. The van der Waals surface area contributed by atoms with E-state index in [-0.39, 0.29) is 18.2 Å². The Labute approximate surface area is 157 Å². The van der Waals surface area contributed by atoms with Gasteiger partial charge in [-0.05, 0) is 32.4 Å². The van der Waals surface area contributed by atoms with Crippen LogP contribution in [-0.4, -0.2) is 26.5 Å². The van der Waals surface area contributed by atoms with E-state index in [9.17, 15) is 4.79 Å². The van der Waals surface area contributed by atoms with E-state index in [1.54, 1.807) is 0 Å². The number of carbonyl (C=O) groups excluding carboxylic acids is 1. The van der Waals surface area contributed by atoms with E-state index in [0.29, 0.717) is 0 Å². The van der Waals surface area contributed by atoms with Gasteiger partial charge in [0.1, 0.15) is 5.65 Å². The van der Waals surface area contributed by atoms with E-state index in [2.05, 4.69) is 12.1 Å². The summed E-state index contributed by atoms with van der Waals surface area (Å²) < 4.78 is 2.00. The minimum absolute atomic E-state index is 0.0177. The van der Waals surface area contributed by atoms with Gasteiger partial charge in [0.15, 0.2) is 5.78 Å². The number of ketones is 1. The average Bonchev–Trinajstić information content (AvgIpc) is 2.93. The lowest BCUT2D eigenvalue weighted by Gasteiger charge is -2.16. The van der Waals surface area contributed by atoms with Gasteiger partial charge in [-0.3, -0.25) is 9.93 Å². The molecule has 0 radical (unpaired) electrons. The predicted octanol–water partition coefficient (Wildman–Crippen LogP) is 3.05. The normalized spacial score (nSPS) is 13.7. The molecular weight excluding hydrogens is 344 g/mol. The molecule has 0 aliphatic rings. The molecule has 0 aliphatic heterocycles. The summed E-state index contributed by atoms with van der Waals surface area (Å²) in [6, 6.07) is 11.9. The van der Waals surface area contributed by atoms with Gasteiger partial charge >= 0.3 is 0 Å². The molecule has 4 N–H and O–H groups in total. The standard InChI is InChI=1S/C20H24N4OS/c1-12-4-7-15(8-5-12)19-16(10-17(25)20(26-22)14(3)21)24-11-13(2)6-9-18(24)23-19/h4-9,11,14,20H,10,21-22H2,1-3H3. The molecule has 0 saturated carbocycles. The molecule has 1 aromatic carbocycles. The minimum Gasteiger partial charge on any atom is -0.326 e. The van der Waals surface area contributed by atoms with Gasteiger partial charge in [-0.25, -0.2) is 4.98 Å². The Morgan fingerprint density at radius 1 is 1.15 bits per heavy atom. The zero-order valence-electron chi connectivity index (χ0n) is 15.3. The van der Waals surface area contributed by atoms with Crippen LogP contribution in [0.25, 0.3) is 16.9 Å². The maximum absolute atomic E-state index is 12.8. The molecule has 0 amide bonds. The van der Waals surface area contributed by atoms with Gasteiger partial charge in [-0.2, -0.15) is 0 Å². The van der Waals surface area contributed by atoms with Crippen LogP contribution in [0, 0.1) is 13.8 Å². The SMILES string of the molecule is Cc1ccc(-c2nc3ccc(C)cn3c2CC(=O)C(SN)C(C)N)cc1. The molecule has 3 aromatic rings. The van der Waals surface area contributed by atoms with Crippen LogP contribution in [0.2, 0.25) is 0 Å². The second-order valence-corrected chi connectivity index (χ2v) is 7.55. The van der Waals surface area contributed by atoms with Crippen LogP contribution in [0.1, 0.15) is 23.7 Å². The first-order valence-corrected chi connectivity index (χ1v) is 9.53. The summed E-state index contributed by atoms with van der Waals surface area (Å²) in [5.41, 5.74) is 11.7. The first-order chi connectivity index (χ1) is 12.4. The van der Waals surface area contributed by atoms with E-state index in [1.165, 1.54) is 5.56 Å². The Hall–Kier alpha value is -2.15. The maximum Gasteiger partial charge on any atom is 0.154 e. The highest BCUT2D eigenvalue weighted by Crippen LogP contribution is 2.27. The first kappa shape index (κ1) is 18.6. The molecule has 2 heterocycles. The van der Waals surface area contributed by atoms with Crippen LogP contribution in [0.4, 0.5) is 0 Å². The highest BCUT2D eigenvalue weighted by atomic mass is 32.2. The molecule has 3 rings (SSSR count). The minimum atomic E-state index is -0.434. The van der Waals surface area contributed by atoms with E-state index < -0.39 is 5.25 Å². The lowest BCUT2D eigenvalue weighted by atomic mass is 10.0. The lowest BCUT2D eigenvalue weighted by Crippen LogP contribution is -2.37. The van der Waals surface area contributed by atoms with Crippen LogP contribution in [-0.2, 0) is 11.2 Å². The zero-order valence-corrected chi connectivity index (χ0v) is 16.1. The number of hydrogen-bond acceptors (Lipinski definition) is 5. The third-order valence-electron chi connectivity index (χ3n) is 4.47. The van der Waals surface area contributed by atoms with E-state index in [4.69, 9.17) is 15.9 Å². The molecule has 0 spiro atoms. The Morgan fingerprint density at radius 3 is 2.42 bits per heavy atom. The van der Waals surface area contributed by atoms with Gasteiger partial charge in [0.2, 0.25) is 0 Å². The summed E-state index contributed by atoms with van der Waals surface area (Å²) in [6.07, 6.45) is 2.25. The van der Waals surface area contributed by atoms with Gasteiger partial charge in [-0.1, -0.05) is 47.8 Å². The predicted molar refractivity (Wildman–Crippen MR) is 108 cm³/mol. The van der Waals surface area contributed by atoms with Crippen LogP contribution in [0.15, 0.2) is 42.6 Å². The van der Waals surface area contributed by atoms with Crippen molar-refractivity contribution in [2.45, 2.75) is 38.5 Å². The molecule has 26 heavy (non-hydrogen) atoms. The second kappa shape index (κ2) is 7.61. The molecule has 0 saturated heterocycles. The van der Waals surface area contributed by atoms with Crippen molar-refractivity contribution in [2.75, 3.05) is 0 Å². The first-order valence-electron chi connectivity index (χ1n) is 8.59. The second-order valence-electron chi connectivity index (χ2n) is 6.77. The van der Waals surface area contributed by atoms with E-state index in [1.807, 2.05) is 55.6 Å². The number of benzene rings is 1. The van der Waals surface area contributed by atoms with Crippen LogP contribution >= 0.6 is 11.9 Å². The summed E-state index contributed by atoms with van der Waals surface area (Å²) in [6.45, 7) is 5.88. The van der Waals surface area contributed by atoms with Crippen LogP contribution in [0.5, 0.6) is 0 Å². The largest absolute Gasteiger partial charge is 0.326 e. The molecule has 0 aliphatic carbocycles. The van der Waals surface area contributed by atoms with Crippen molar-refractivity contribution in [3.8, 4) is 11.3 Å². The molecule has 136 valence electrons. The topological polar surface area (TPSA) is 86.4 Å².